The van der Waals surface area contributed by atoms with E-state index in [0.717, 1.165) is 48.3 Å². The number of alkyl halides is 4. The van der Waals surface area contributed by atoms with Crippen molar-refractivity contribution >= 4 is 29.2 Å². The fraction of sp³-hybridized carbons (Fsp3) is 0.515. The Bertz CT molecular complexity index is 1560. The van der Waals surface area contributed by atoms with Gasteiger partial charge in [-0.25, -0.2) is 19.2 Å². The number of aliphatic carboxylic acids is 1. The predicted molar refractivity (Wildman–Crippen MR) is 166 cm³/mol. The van der Waals surface area contributed by atoms with Crippen LogP contribution in [0.25, 0.3) is 10.6 Å². The van der Waals surface area contributed by atoms with Crippen molar-refractivity contribution in [2.75, 3.05) is 18.0 Å². The summed E-state index contributed by atoms with van der Waals surface area (Å²) in [5.41, 5.74) is 1.19. The Balaban J connectivity index is 1.42. The zero-order valence-corrected chi connectivity index (χ0v) is 26.8. The Morgan fingerprint density at radius 3 is 2.48 bits per heavy atom. The average molecular weight is 663 g/mol. The van der Waals surface area contributed by atoms with E-state index in [4.69, 9.17) is 14.7 Å². The largest absolute Gasteiger partial charge is 0.481 e. The number of ether oxygens (including phenoxy) is 1. The number of rotatable bonds is 11. The Kier molecular flexibility index (Phi) is 10.2. The third-order valence-corrected chi connectivity index (χ3v) is 10.0. The molecule has 1 aliphatic carbocycles. The van der Waals surface area contributed by atoms with Gasteiger partial charge in [0.2, 0.25) is 0 Å². The molecule has 2 aliphatic rings. The van der Waals surface area contributed by atoms with Crippen molar-refractivity contribution in [2.45, 2.75) is 84.4 Å². The SMILES string of the molecule is CCN(CC1CCC(CC(=O)O)CC1)c1ncc(-c2cc(C)cs2)nc1CN1C(=O)OC(c2cc(CF)cc(C(F)(F)F)c2)[C@@H]1C. The van der Waals surface area contributed by atoms with Crippen molar-refractivity contribution in [3.63, 3.8) is 0 Å². The number of hydrogen-bond donors (Lipinski definition) is 1. The molecule has 2 aromatic heterocycles. The van der Waals surface area contributed by atoms with E-state index in [1.807, 2.05) is 25.3 Å². The van der Waals surface area contributed by atoms with Gasteiger partial charge in [-0.1, -0.05) is 0 Å². The van der Waals surface area contributed by atoms with Crippen LogP contribution in [0.4, 0.5) is 28.2 Å². The number of cyclic esters (lactones) is 1. The van der Waals surface area contributed by atoms with Crippen LogP contribution in [0.15, 0.2) is 35.8 Å². The van der Waals surface area contributed by atoms with E-state index in [1.54, 1.807) is 13.1 Å². The second-order valence-corrected chi connectivity index (χ2v) is 13.2. The molecule has 13 heteroatoms. The molecule has 1 aromatic carbocycles. The number of nitrogens with zero attached hydrogens (tertiary/aromatic N) is 4. The summed E-state index contributed by atoms with van der Waals surface area (Å²) in [7, 11) is 0. The summed E-state index contributed by atoms with van der Waals surface area (Å²) >= 11 is 1.53. The van der Waals surface area contributed by atoms with Gasteiger partial charge >= 0.3 is 18.2 Å². The Labute approximate surface area is 269 Å². The second kappa shape index (κ2) is 13.9. The minimum absolute atomic E-state index is 0.00775. The Hall–Kier alpha value is -3.74. The van der Waals surface area contributed by atoms with Crippen LogP contribution in [0.1, 0.15) is 80.0 Å². The van der Waals surface area contributed by atoms with E-state index >= 15 is 0 Å². The quantitative estimate of drug-likeness (QED) is 0.207. The van der Waals surface area contributed by atoms with Crippen LogP contribution in [0.3, 0.4) is 0 Å². The fourth-order valence-corrected chi connectivity index (χ4v) is 7.32. The summed E-state index contributed by atoms with van der Waals surface area (Å²) in [6.07, 6.45) is -1.03. The summed E-state index contributed by atoms with van der Waals surface area (Å²) in [4.78, 5) is 38.7. The van der Waals surface area contributed by atoms with Gasteiger partial charge in [-0.15, -0.1) is 11.3 Å². The van der Waals surface area contributed by atoms with E-state index in [9.17, 15) is 32.3 Å². The number of aromatic nitrogens is 2. The second-order valence-electron chi connectivity index (χ2n) is 12.3. The lowest BCUT2D eigenvalue weighted by atomic mass is 9.80. The van der Waals surface area contributed by atoms with Crippen LogP contribution in [0.2, 0.25) is 0 Å². The van der Waals surface area contributed by atoms with Crippen LogP contribution >= 0.6 is 11.3 Å². The van der Waals surface area contributed by atoms with Crippen LogP contribution in [-0.4, -0.2) is 51.2 Å². The molecular weight excluding hydrogens is 624 g/mol. The van der Waals surface area contributed by atoms with Crippen LogP contribution < -0.4 is 4.90 Å². The summed E-state index contributed by atoms with van der Waals surface area (Å²) in [6.45, 7) is 5.92. The van der Waals surface area contributed by atoms with Crippen LogP contribution in [0, 0.1) is 18.8 Å². The van der Waals surface area contributed by atoms with E-state index in [-0.39, 0.29) is 30.0 Å². The number of carbonyl (C=O) groups excluding carboxylic acids is 1. The molecule has 3 aromatic rings. The summed E-state index contributed by atoms with van der Waals surface area (Å²) in [5, 5.41) is 11.2. The molecule has 1 amide bonds. The molecule has 1 saturated carbocycles. The number of benzene rings is 1. The standard InChI is InChI=1S/C33H38F4N4O4S/c1-4-40(16-22-7-5-21(6-8-22)12-29(42)43)31-27(39-26(15-38-31)28-9-19(2)18-46-28)17-41-20(3)30(45-32(41)44)24-10-23(14-34)11-25(13-24)33(35,36)37/h9-11,13,15,18,20-22,30H,4-8,12,14,16-17H2,1-3H3,(H,42,43)/t20-,21?,22?,30?/m0/s1. The van der Waals surface area contributed by atoms with Crippen molar-refractivity contribution in [1.82, 2.24) is 14.9 Å². The number of amides is 1. The first-order valence-corrected chi connectivity index (χ1v) is 16.4. The van der Waals surface area contributed by atoms with Crippen molar-refractivity contribution in [3.05, 3.63) is 63.8 Å². The van der Waals surface area contributed by atoms with Gasteiger partial charge in [0, 0.05) is 19.5 Å². The zero-order chi connectivity index (χ0) is 33.2. The molecule has 3 heterocycles. The topological polar surface area (TPSA) is 95.9 Å². The minimum atomic E-state index is -4.68. The molecule has 1 unspecified atom stereocenters. The minimum Gasteiger partial charge on any atom is -0.481 e. The highest BCUT2D eigenvalue weighted by molar-refractivity contribution is 7.13. The molecule has 0 bridgehead atoms. The molecule has 2 atom stereocenters. The van der Waals surface area contributed by atoms with Crippen molar-refractivity contribution in [3.8, 4) is 10.6 Å². The van der Waals surface area contributed by atoms with Crippen molar-refractivity contribution in [1.29, 1.82) is 0 Å². The third kappa shape index (κ3) is 7.62. The number of carboxylic acid groups (broad SMARTS) is 1. The molecule has 1 aliphatic heterocycles. The highest BCUT2D eigenvalue weighted by atomic mass is 32.1. The van der Waals surface area contributed by atoms with Gasteiger partial charge < -0.3 is 14.7 Å². The zero-order valence-electron chi connectivity index (χ0n) is 26.0. The first kappa shape index (κ1) is 33.6. The number of hydrogen-bond acceptors (Lipinski definition) is 7. The fourth-order valence-electron chi connectivity index (χ4n) is 6.46. The molecule has 248 valence electrons. The highest BCUT2D eigenvalue weighted by Crippen LogP contribution is 2.39. The summed E-state index contributed by atoms with van der Waals surface area (Å²) < 4.78 is 59.9. The summed E-state index contributed by atoms with van der Waals surface area (Å²) in [6, 6.07) is 4.31. The summed E-state index contributed by atoms with van der Waals surface area (Å²) in [5.74, 6) is 0.355. The maximum atomic E-state index is 13.6. The van der Waals surface area contributed by atoms with E-state index in [1.165, 1.54) is 22.3 Å². The highest BCUT2D eigenvalue weighted by Gasteiger charge is 2.42. The Morgan fingerprint density at radius 2 is 1.87 bits per heavy atom. The lowest BCUT2D eigenvalue weighted by Crippen LogP contribution is -2.36. The number of carboxylic acids is 1. The number of halogens is 4. The van der Waals surface area contributed by atoms with Crippen LogP contribution in [-0.2, 0) is 28.9 Å². The smallest absolute Gasteiger partial charge is 0.416 e. The normalized spacial score (nSPS) is 21.8. The molecule has 2 fully saturated rings. The maximum absolute atomic E-state index is 13.6. The van der Waals surface area contributed by atoms with Gasteiger partial charge in [-0.2, -0.15) is 13.2 Å². The third-order valence-electron chi connectivity index (χ3n) is 8.93. The molecule has 0 spiro atoms. The molecule has 8 nitrogen and oxygen atoms in total. The Morgan fingerprint density at radius 1 is 1.15 bits per heavy atom. The molecule has 0 radical (unpaired) electrons. The molecule has 1 N–H and O–H groups in total. The van der Waals surface area contributed by atoms with Gasteiger partial charge in [-0.05, 0) is 105 Å². The van der Waals surface area contributed by atoms with Gasteiger partial charge in [0.25, 0.3) is 0 Å². The first-order valence-electron chi connectivity index (χ1n) is 15.5. The van der Waals surface area contributed by atoms with E-state index in [2.05, 4.69) is 4.90 Å². The first-order chi connectivity index (χ1) is 21.9. The lowest BCUT2D eigenvalue weighted by molar-refractivity contribution is -0.139. The monoisotopic (exact) mass is 662 g/mol. The predicted octanol–water partition coefficient (Wildman–Crippen LogP) is 8.19. The van der Waals surface area contributed by atoms with Crippen molar-refractivity contribution < 1.29 is 37.0 Å². The average Bonchev–Trinajstić information content (AvgIpc) is 3.58. The van der Waals surface area contributed by atoms with Gasteiger partial charge in [0.15, 0.2) is 5.82 Å². The maximum Gasteiger partial charge on any atom is 0.416 e. The van der Waals surface area contributed by atoms with Gasteiger partial charge in [0.05, 0.1) is 34.9 Å². The van der Waals surface area contributed by atoms with Gasteiger partial charge in [-0.3, -0.25) is 9.69 Å². The molecular formula is C33H38F4N4O4S. The number of anilines is 1. The van der Waals surface area contributed by atoms with E-state index < -0.39 is 42.6 Å². The molecule has 46 heavy (non-hydrogen) atoms. The molecule has 5 rings (SSSR count). The van der Waals surface area contributed by atoms with Gasteiger partial charge in [0.1, 0.15) is 18.5 Å². The number of thiophene rings is 1. The van der Waals surface area contributed by atoms with Crippen molar-refractivity contribution in [2.24, 2.45) is 11.8 Å². The number of carbonyl (C=O) groups is 2. The lowest BCUT2D eigenvalue weighted by Gasteiger charge is -2.33. The van der Waals surface area contributed by atoms with Crippen LogP contribution in [0.5, 0.6) is 0 Å². The molecule has 1 saturated heterocycles. The number of aryl methyl sites for hydroxylation is 1. The van der Waals surface area contributed by atoms with E-state index in [0.29, 0.717) is 36.2 Å².